The van der Waals surface area contributed by atoms with Gasteiger partial charge in [0.1, 0.15) is 5.82 Å². The van der Waals surface area contributed by atoms with E-state index in [1.165, 1.54) is 6.07 Å². The topological polar surface area (TPSA) is 40.5 Å². The summed E-state index contributed by atoms with van der Waals surface area (Å²) >= 11 is 0. The molecule has 0 aromatic heterocycles. The van der Waals surface area contributed by atoms with Crippen molar-refractivity contribution in [3.05, 3.63) is 35.6 Å². The minimum atomic E-state index is -0.765. The first-order chi connectivity index (χ1) is 8.66. The molecule has 1 aromatic rings. The van der Waals surface area contributed by atoms with Gasteiger partial charge in [0, 0.05) is 47.5 Å². The molecular formula is C13H18FNO2S. The molecule has 1 aromatic carbocycles. The molecule has 3 nitrogen and oxygen atoms in total. The predicted molar refractivity (Wildman–Crippen MR) is 70.3 cm³/mol. The summed E-state index contributed by atoms with van der Waals surface area (Å²) in [6, 6.07) is 6.32. The lowest BCUT2D eigenvalue weighted by Gasteiger charge is -2.27. The third-order valence-corrected chi connectivity index (χ3v) is 4.53. The number of aliphatic hydroxyl groups excluding tert-OH is 1. The van der Waals surface area contributed by atoms with Crippen LogP contribution in [0.3, 0.4) is 0 Å². The molecule has 1 N–H and O–H groups in total. The van der Waals surface area contributed by atoms with E-state index in [0.717, 1.165) is 13.1 Å². The number of benzene rings is 1. The second-order valence-electron chi connectivity index (χ2n) is 4.52. The van der Waals surface area contributed by atoms with Crippen LogP contribution in [0, 0.1) is 5.82 Å². The fraction of sp³-hybridized carbons (Fsp3) is 0.538. The van der Waals surface area contributed by atoms with E-state index < -0.39 is 16.9 Å². The zero-order valence-electron chi connectivity index (χ0n) is 10.2. The van der Waals surface area contributed by atoms with E-state index in [4.69, 9.17) is 0 Å². The van der Waals surface area contributed by atoms with Crippen LogP contribution in [-0.4, -0.2) is 45.4 Å². The van der Waals surface area contributed by atoms with Gasteiger partial charge in [0.25, 0.3) is 0 Å². The summed E-state index contributed by atoms with van der Waals surface area (Å²) < 4.78 is 24.6. The number of nitrogens with zero attached hydrogens (tertiary/aromatic N) is 1. The minimum Gasteiger partial charge on any atom is -0.388 e. The molecule has 0 aliphatic carbocycles. The molecule has 1 saturated heterocycles. The largest absolute Gasteiger partial charge is 0.388 e. The highest BCUT2D eigenvalue weighted by Crippen LogP contribution is 2.20. The maximum absolute atomic E-state index is 13.4. The van der Waals surface area contributed by atoms with E-state index in [2.05, 4.69) is 4.90 Å². The van der Waals surface area contributed by atoms with E-state index >= 15 is 0 Å². The van der Waals surface area contributed by atoms with E-state index in [0.29, 0.717) is 30.0 Å². The van der Waals surface area contributed by atoms with Crippen LogP contribution in [0.15, 0.2) is 24.3 Å². The van der Waals surface area contributed by atoms with Crippen LogP contribution < -0.4 is 0 Å². The van der Waals surface area contributed by atoms with Crippen LogP contribution in [0.25, 0.3) is 0 Å². The lowest BCUT2D eigenvalue weighted by Crippen LogP contribution is -2.38. The minimum absolute atomic E-state index is 0.357. The van der Waals surface area contributed by atoms with Crippen LogP contribution in [0.1, 0.15) is 18.1 Å². The Balaban J connectivity index is 1.83. The molecule has 0 bridgehead atoms. The summed E-state index contributed by atoms with van der Waals surface area (Å²) in [5, 5.41) is 9.96. The molecule has 0 radical (unpaired) electrons. The quantitative estimate of drug-likeness (QED) is 0.898. The number of halogens is 1. The molecule has 1 unspecified atom stereocenters. The maximum Gasteiger partial charge on any atom is 0.128 e. The molecule has 0 saturated carbocycles. The zero-order valence-corrected chi connectivity index (χ0v) is 11.0. The average molecular weight is 271 g/mol. The summed E-state index contributed by atoms with van der Waals surface area (Å²) in [7, 11) is -0.679. The lowest BCUT2D eigenvalue weighted by molar-refractivity contribution is 0.141. The summed E-state index contributed by atoms with van der Waals surface area (Å²) in [4.78, 5) is 2.17. The molecule has 5 heteroatoms. The third kappa shape index (κ3) is 3.60. The van der Waals surface area contributed by atoms with Crippen molar-refractivity contribution in [1.82, 2.24) is 4.90 Å². The van der Waals surface area contributed by atoms with Gasteiger partial charge in [-0.05, 0) is 12.5 Å². The molecule has 100 valence electrons. The van der Waals surface area contributed by atoms with Crippen molar-refractivity contribution < 1.29 is 13.7 Å². The zero-order chi connectivity index (χ0) is 13.0. The molecule has 1 fully saturated rings. The van der Waals surface area contributed by atoms with E-state index in [-0.39, 0.29) is 5.82 Å². The summed E-state index contributed by atoms with van der Waals surface area (Å²) in [5.41, 5.74) is 0.359. The number of hydrogen-bond donors (Lipinski definition) is 1. The number of hydrogen-bond acceptors (Lipinski definition) is 3. The van der Waals surface area contributed by atoms with Gasteiger partial charge in [-0.15, -0.1) is 0 Å². The molecule has 0 spiro atoms. The first-order valence-corrected chi connectivity index (χ1v) is 7.65. The van der Waals surface area contributed by atoms with Gasteiger partial charge >= 0.3 is 0 Å². The summed E-state index contributed by atoms with van der Waals surface area (Å²) in [6.45, 7) is 2.32. The van der Waals surface area contributed by atoms with Crippen molar-refractivity contribution in [3.63, 3.8) is 0 Å². The first kappa shape index (κ1) is 13.6. The molecule has 1 atom stereocenters. The van der Waals surface area contributed by atoms with Crippen molar-refractivity contribution >= 4 is 10.8 Å². The highest BCUT2D eigenvalue weighted by Gasteiger charge is 2.17. The molecule has 0 amide bonds. The van der Waals surface area contributed by atoms with Gasteiger partial charge in [-0.3, -0.25) is 4.21 Å². The maximum atomic E-state index is 13.4. The normalized spacial score (nSPS) is 19.9. The van der Waals surface area contributed by atoms with Crippen LogP contribution in [0.4, 0.5) is 4.39 Å². The second-order valence-corrected chi connectivity index (χ2v) is 6.21. The summed E-state index contributed by atoms with van der Waals surface area (Å²) in [5.74, 6) is 1.05. The van der Waals surface area contributed by atoms with Crippen molar-refractivity contribution in [2.24, 2.45) is 0 Å². The van der Waals surface area contributed by atoms with Crippen molar-refractivity contribution in [3.8, 4) is 0 Å². The van der Waals surface area contributed by atoms with E-state index in [9.17, 15) is 13.7 Å². The van der Waals surface area contributed by atoms with Gasteiger partial charge in [0.15, 0.2) is 0 Å². The van der Waals surface area contributed by atoms with E-state index in [1.54, 1.807) is 18.2 Å². The van der Waals surface area contributed by atoms with Gasteiger partial charge in [-0.1, -0.05) is 18.2 Å². The molecule has 2 rings (SSSR count). The average Bonchev–Trinajstić information content (AvgIpc) is 2.38. The monoisotopic (exact) mass is 271 g/mol. The molecular weight excluding hydrogens is 253 g/mol. The fourth-order valence-corrected chi connectivity index (χ4v) is 3.23. The van der Waals surface area contributed by atoms with Crippen molar-refractivity contribution in [2.45, 2.75) is 12.5 Å². The van der Waals surface area contributed by atoms with Crippen LogP contribution in [0.5, 0.6) is 0 Å². The van der Waals surface area contributed by atoms with E-state index in [1.807, 2.05) is 0 Å². The Morgan fingerprint density at radius 2 is 2.00 bits per heavy atom. The standard InChI is InChI=1S/C13H18FNO2S/c14-12-4-2-1-3-11(12)13(16)5-6-15-7-9-18(17)10-8-15/h1-4,13,16H,5-10H2. The van der Waals surface area contributed by atoms with Gasteiger partial charge in [0.05, 0.1) is 6.10 Å². The Morgan fingerprint density at radius 1 is 1.33 bits per heavy atom. The van der Waals surface area contributed by atoms with Gasteiger partial charge in [-0.25, -0.2) is 4.39 Å². The Kier molecular flexibility index (Phi) is 4.86. The van der Waals surface area contributed by atoms with Gasteiger partial charge in [-0.2, -0.15) is 0 Å². The molecule has 18 heavy (non-hydrogen) atoms. The molecule has 1 aliphatic heterocycles. The third-order valence-electron chi connectivity index (χ3n) is 3.25. The smallest absolute Gasteiger partial charge is 0.128 e. The van der Waals surface area contributed by atoms with Crippen LogP contribution in [-0.2, 0) is 10.8 Å². The number of aliphatic hydroxyl groups is 1. The van der Waals surface area contributed by atoms with Gasteiger partial charge in [0.2, 0.25) is 0 Å². The highest BCUT2D eigenvalue weighted by molar-refractivity contribution is 7.85. The lowest BCUT2D eigenvalue weighted by atomic mass is 10.1. The SMILES string of the molecule is O=S1CCN(CCC(O)c2ccccc2F)CC1. The van der Waals surface area contributed by atoms with Crippen LogP contribution in [0.2, 0.25) is 0 Å². The first-order valence-electron chi connectivity index (χ1n) is 6.16. The second kappa shape index (κ2) is 6.41. The fourth-order valence-electron chi connectivity index (χ4n) is 2.11. The Morgan fingerprint density at radius 3 is 2.67 bits per heavy atom. The van der Waals surface area contributed by atoms with Crippen molar-refractivity contribution in [2.75, 3.05) is 31.1 Å². The van der Waals surface area contributed by atoms with Crippen molar-refractivity contribution in [1.29, 1.82) is 0 Å². The number of rotatable bonds is 4. The highest BCUT2D eigenvalue weighted by atomic mass is 32.2. The Labute approximate surface area is 109 Å². The van der Waals surface area contributed by atoms with Crippen LogP contribution >= 0.6 is 0 Å². The Bertz CT molecular complexity index is 417. The summed E-state index contributed by atoms with van der Waals surface area (Å²) in [6.07, 6.45) is -0.258. The molecule has 1 heterocycles. The molecule has 1 aliphatic rings. The Hall–Kier alpha value is -0.780. The van der Waals surface area contributed by atoms with Gasteiger partial charge < -0.3 is 10.0 Å². The predicted octanol–water partition coefficient (Wildman–Crippen LogP) is 1.31.